The van der Waals surface area contributed by atoms with Gasteiger partial charge in [-0.3, -0.25) is 19.3 Å². The van der Waals surface area contributed by atoms with Crippen molar-refractivity contribution in [1.82, 2.24) is 4.98 Å². The van der Waals surface area contributed by atoms with E-state index in [9.17, 15) is 18.0 Å². The second-order valence-electron chi connectivity index (χ2n) is 9.30. The van der Waals surface area contributed by atoms with Gasteiger partial charge in [-0.25, -0.2) is 8.42 Å². The van der Waals surface area contributed by atoms with E-state index in [2.05, 4.69) is 9.71 Å². The fourth-order valence-electron chi connectivity index (χ4n) is 3.67. The van der Waals surface area contributed by atoms with Gasteiger partial charge in [-0.2, -0.15) is 0 Å². The fraction of sp³-hybridized carbons (Fsp3) is 0.269. The van der Waals surface area contributed by atoms with Gasteiger partial charge in [0.25, 0.3) is 15.9 Å². The maximum atomic E-state index is 13.6. The first-order valence-corrected chi connectivity index (χ1v) is 12.8. The van der Waals surface area contributed by atoms with E-state index < -0.39 is 15.9 Å². The molecule has 2 aromatic carbocycles. The predicted octanol–water partition coefficient (Wildman–Crippen LogP) is 5.54. The number of aromatic nitrogens is 1. The molecule has 3 aromatic rings. The minimum absolute atomic E-state index is 0.0263. The molecule has 0 radical (unpaired) electrons. The highest BCUT2D eigenvalue weighted by Crippen LogP contribution is 2.31. The zero-order chi connectivity index (χ0) is 26.1. The summed E-state index contributed by atoms with van der Waals surface area (Å²) in [5.74, 6) is -0.607. The molecule has 0 bridgehead atoms. The van der Waals surface area contributed by atoms with Crippen LogP contribution in [0, 0.1) is 13.8 Å². The molecule has 1 aromatic heterocycles. The van der Waals surface area contributed by atoms with Crippen molar-refractivity contribution >= 4 is 45.2 Å². The number of hydrogen-bond donors (Lipinski definition) is 1. The molecule has 1 N–H and O–H groups in total. The summed E-state index contributed by atoms with van der Waals surface area (Å²) in [6, 6.07) is 12.8. The average Bonchev–Trinajstić information content (AvgIpc) is 2.78. The zero-order valence-corrected chi connectivity index (χ0v) is 22.1. The van der Waals surface area contributed by atoms with Crippen molar-refractivity contribution < 1.29 is 18.0 Å². The Bertz CT molecular complexity index is 1400. The van der Waals surface area contributed by atoms with Gasteiger partial charge in [0.2, 0.25) is 0 Å². The first-order valence-electron chi connectivity index (χ1n) is 10.9. The molecule has 9 heteroatoms. The Morgan fingerprint density at radius 3 is 2.20 bits per heavy atom. The molecule has 0 aliphatic heterocycles. The summed E-state index contributed by atoms with van der Waals surface area (Å²) >= 11 is 6.21. The summed E-state index contributed by atoms with van der Waals surface area (Å²) in [5.41, 5.74) is 2.44. The first kappa shape index (κ1) is 26.4. The van der Waals surface area contributed by atoms with E-state index in [1.54, 1.807) is 31.2 Å². The lowest BCUT2D eigenvalue weighted by Crippen LogP contribution is -2.30. The Hall–Kier alpha value is -3.23. The number of nitrogens with zero attached hydrogens (tertiary/aromatic N) is 2. The van der Waals surface area contributed by atoms with E-state index in [1.165, 1.54) is 36.2 Å². The van der Waals surface area contributed by atoms with Gasteiger partial charge >= 0.3 is 0 Å². The Morgan fingerprint density at radius 2 is 1.66 bits per heavy atom. The number of hydrogen-bond acceptors (Lipinski definition) is 5. The van der Waals surface area contributed by atoms with Crippen molar-refractivity contribution in [3.05, 3.63) is 81.6 Å². The molecule has 0 aliphatic rings. The molecule has 3 rings (SSSR count). The summed E-state index contributed by atoms with van der Waals surface area (Å²) in [6.07, 6.45) is 0.444. The molecule has 0 unspecified atom stereocenters. The Morgan fingerprint density at radius 1 is 1.03 bits per heavy atom. The molecule has 35 heavy (non-hydrogen) atoms. The summed E-state index contributed by atoms with van der Waals surface area (Å²) in [7, 11) is -2.54. The van der Waals surface area contributed by atoms with Crippen molar-refractivity contribution in [2.75, 3.05) is 16.7 Å². The topological polar surface area (TPSA) is 96.4 Å². The normalized spacial score (nSPS) is 11.7. The molecule has 0 saturated heterocycles. The third-order valence-electron chi connectivity index (χ3n) is 5.66. The van der Waals surface area contributed by atoms with Gasteiger partial charge in [-0.1, -0.05) is 44.5 Å². The number of anilines is 2. The van der Waals surface area contributed by atoms with E-state index in [-0.39, 0.29) is 32.1 Å². The van der Waals surface area contributed by atoms with Crippen LogP contribution < -0.4 is 9.62 Å². The van der Waals surface area contributed by atoms with Crippen LogP contribution in [0.5, 0.6) is 0 Å². The second kappa shape index (κ2) is 9.79. The minimum atomic E-state index is -4.07. The number of pyridine rings is 1. The number of carbonyl (C=O) groups is 2. The number of carbonyl (C=O) groups excluding carboxylic acids is 2. The van der Waals surface area contributed by atoms with Gasteiger partial charge in [-0.15, -0.1) is 0 Å². The number of amides is 1. The maximum absolute atomic E-state index is 13.6. The van der Waals surface area contributed by atoms with Crippen molar-refractivity contribution in [1.29, 1.82) is 0 Å². The van der Waals surface area contributed by atoms with E-state index in [0.29, 0.717) is 17.7 Å². The van der Waals surface area contributed by atoms with Gasteiger partial charge in [0.05, 0.1) is 32.6 Å². The van der Waals surface area contributed by atoms with Gasteiger partial charge in [0.1, 0.15) is 0 Å². The number of sulfonamides is 1. The van der Waals surface area contributed by atoms with E-state index in [0.717, 1.165) is 11.3 Å². The standard InChI is InChI=1S/C26H28ClN3O4S/c1-16-7-14-23(17(2)28-16)30(6)25(32)24-20(15-31)21(27)12-13-22(24)29-35(33,34)19-10-8-18(9-11-19)26(3,4)5/h7-15,29H,1-6H3. The lowest BCUT2D eigenvalue weighted by atomic mass is 9.87. The number of aryl methyl sites for hydroxylation is 2. The molecule has 0 atom stereocenters. The van der Waals surface area contributed by atoms with Gasteiger partial charge in [0, 0.05) is 18.3 Å². The van der Waals surface area contributed by atoms with Crippen molar-refractivity contribution in [3.63, 3.8) is 0 Å². The summed E-state index contributed by atoms with van der Waals surface area (Å²) in [5, 5.41) is 0.0352. The lowest BCUT2D eigenvalue weighted by Gasteiger charge is -2.23. The smallest absolute Gasteiger partial charge is 0.261 e. The van der Waals surface area contributed by atoms with Gasteiger partial charge in [-0.05, 0) is 61.2 Å². The van der Waals surface area contributed by atoms with Crippen LogP contribution in [0.4, 0.5) is 11.4 Å². The highest BCUT2D eigenvalue weighted by atomic mass is 35.5. The van der Waals surface area contributed by atoms with Crippen LogP contribution in [0.15, 0.2) is 53.4 Å². The third-order valence-corrected chi connectivity index (χ3v) is 7.37. The summed E-state index contributed by atoms with van der Waals surface area (Å²) in [6.45, 7) is 9.69. The van der Waals surface area contributed by atoms with E-state index in [4.69, 9.17) is 11.6 Å². The average molecular weight is 514 g/mol. The molecular formula is C26H28ClN3O4S. The molecule has 0 fully saturated rings. The van der Waals surface area contributed by atoms with Crippen LogP contribution >= 0.6 is 11.6 Å². The van der Waals surface area contributed by atoms with Crippen LogP contribution in [0.25, 0.3) is 0 Å². The van der Waals surface area contributed by atoms with Crippen LogP contribution in [-0.4, -0.2) is 32.6 Å². The Balaban J connectivity index is 2.07. The predicted molar refractivity (Wildman–Crippen MR) is 139 cm³/mol. The molecule has 184 valence electrons. The lowest BCUT2D eigenvalue weighted by molar-refractivity contribution is 0.0987. The van der Waals surface area contributed by atoms with Crippen LogP contribution in [0.1, 0.15) is 58.4 Å². The monoisotopic (exact) mass is 513 g/mol. The van der Waals surface area contributed by atoms with Crippen molar-refractivity contribution in [3.8, 4) is 0 Å². The number of benzene rings is 2. The maximum Gasteiger partial charge on any atom is 0.261 e. The highest BCUT2D eigenvalue weighted by molar-refractivity contribution is 7.92. The van der Waals surface area contributed by atoms with E-state index >= 15 is 0 Å². The molecule has 0 spiro atoms. The van der Waals surface area contributed by atoms with Crippen LogP contribution in [0.3, 0.4) is 0 Å². The fourth-order valence-corrected chi connectivity index (χ4v) is 4.95. The van der Waals surface area contributed by atoms with Gasteiger partial charge < -0.3 is 4.90 Å². The number of nitrogens with one attached hydrogen (secondary N) is 1. The Labute approximate surface area is 211 Å². The molecular weight excluding hydrogens is 486 g/mol. The number of halogens is 1. The van der Waals surface area contributed by atoms with E-state index in [1.807, 2.05) is 27.7 Å². The van der Waals surface area contributed by atoms with Crippen molar-refractivity contribution in [2.45, 2.75) is 44.9 Å². The molecule has 1 amide bonds. The number of rotatable bonds is 6. The Kier molecular flexibility index (Phi) is 7.38. The molecule has 0 saturated carbocycles. The van der Waals surface area contributed by atoms with Crippen LogP contribution in [0.2, 0.25) is 5.02 Å². The summed E-state index contributed by atoms with van der Waals surface area (Å²) < 4.78 is 28.8. The van der Waals surface area contributed by atoms with Crippen LogP contribution in [-0.2, 0) is 15.4 Å². The third kappa shape index (κ3) is 5.55. The molecule has 1 heterocycles. The highest BCUT2D eigenvalue weighted by Gasteiger charge is 2.27. The first-order chi connectivity index (χ1) is 16.3. The quantitative estimate of drug-likeness (QED) is 0.436. The SMILES string of the molecule is Cc1ccc(N(C)C(=O)c2c(NS(=O)(=O)c3ccc(C(C)(C)C)cc3)ccc(Cl)c2C=O)c(C)n1. The molecule has 7 nitrogen and oxygen atoms in total. The number of aldehydes is 1. The van der Waals surface area contributed by atoms with Crippen molar-refractivity contribution in [2.24, 2.45) is 0 Å². The second-order valence-corrected chi connectivity index (χ2v) is 11.4. The molecule has 0 aliphatic carbocycles. The minimum Gasteiger partial charge on any atom is -0.310 e. The largest absolute Gasteiger partial charge is 0.310 e. The zero-order valence-electron chi connectivity index (χ0n) is 20.5. The summed E-state index contributed by atoms with van der Waals surface area (Å²) in [4.78, 5) is 31.2. The van der Waals surface area contributed by atoms with Gasteiger partial charge in [0.15, 0.2) is 6.29 Å².